The SMILES string of the molecule is C=COC(CC)Sc1cc(SC(CC)OC=C)nc(SC(CC)OC=C)n1. The molecule has 0 radical (unpaired) electrons. The van der Waals surface area contributed by atoms with E-state index < -0.39 is 0 Å². The van der Waals surface area contributed by atoms with Crippen molar-refractivity contribution in [3.8, 4) is 0 Å². The van der Waals surface area contributed by atoms with Crippen molar-refractivity contribution in [3.05, 3.63) is 44.6 Å². The Kier molecular flexibility index (Phi) is 12.2. The topological polar surface area (TPSA) is 53.5 Å². The summed E-state index contributed by atoms with van der Waals surface area (Å²) >= 11 is 4.56. The Morgan fingerprint density at radius 1 is 0.778 bits per heavy atom. The number of aromatic nitrogens is 2. The molecule has 0 fully saturated rings. The lowest BCUT2D eigenvalue weighted by molar-refractivity contribution is 0.218. The predicted octanol–water partition coefficient (Wildman–Crippen LogP) is 6.44. The van der Waals surface area contributed by atoms with Gasteiger partial charge in [-0.2, -0.15) is 0 Å². The van der Waals surface area contributed by atoms with E-state index in [0.29, 0.717) is 5.16 Å². The van der Waals surface area contributed by atoms with Crippen LogP contribution >= 0.6 is 35.3 Å². The minimum Gasteiger partial charge on any atom is -0.488 e. The summed E-state index contributed by atoms with van der Waals surface area (Å²) in [6, 6.07) is 1.96. The summed E-state index contributed by atoms with van der Waals surface area (Å²) in [4.78, 5) is 9.33. The number of rotatable bonds is 15. The van der Waals surface area contributed by atoms with Crippen LogP contribution < -0.4 is 0 Å². The lowest BCUT2D eigenvalue weighted by Crippen LogP contribution is -2.08. The van der Waals surface area contributed by atoms with Crippen molar-refractivity contribution >= 4 is 35.3 Å². The highest BCUT2D eigenvalue weighted by atomic mass is 32.2. The molecule has 150 valence electrons. The zero-order chi connectivity index (χ0) is 20.1. The van der Waals surface area contributed by atoms with Crippen LogP contribution in [0, 0.1) is 0 Å². The van der Waals surface area contributed by atoms with E-state index in [0.717, 1.165) is 29.3 Å². The van der Waals surface area contributed by atoms with Gasteiger partial charge >= 0.3 is 0 Å². The quantitative estimate of drug-likeness (QED) is 0.104. The third kappa shape index (κ3) is 8.99. The predicted molar refractivity (Wildman–Crippen MR) is 116 cm³/mol. The van der Waals surface area contributed by atoms with Crippen LogP contribution in [0.5, 0.6) is 0 Å². The van der Waals surface area contributed by atoms with Crippen molar-refractivity contribution in [1.82, 2.24) is 9.97 Å². The summed E-state index contributed by atoms with van der Waals surface area (Å²) in [5, 5.41) is 2.33. The Morgan fingerprint density at radius 2 is 1.15 bits per heavy atom. The van der Waals surface area contributed by atoms with Gasteiger partial charge in [-0.15, -0.1) is 0 Å². The van der Waals surface area contributed by atoms with Gasteiger partial charge in [0.2, 0.25) is 0 Å². The zero-order valence-electron chi connectivity index (χ0n) is 16.1. The fourth-order valence-corrected chi connectivity index (χ4v) is 4.69. The summed E-state index contributed by atoms with van der Waals surface area (Å²) < 4.78 is 16.6. The normalized spacial score (nSPS) is 13.9. The first-order valence-electron chi connectivity index (χ1n) is 8.78. The van der Waals surface area contributed by atoms with E-state index in [1.807, 2.05) is 13.0 Å². The van der Waals surface area contributed by atoms with E-state index in [2.05, 4.69) is 43.6 Å². The molecule has 0 saturated carbocycles. The third-order valence-corrected chi connectivity index (χ3v) is 6.56. The summed E-state index contributed by atoms with van der Waals surface area (Å²) in [7, 11) is 0. The first-order valence-corrected chi connectivity index (χ1v) is 11.4. The van der Waals surface area contributed by atoms with Crippen molar-refractivity contribution in [2.75, 3.05) is 0 Å². The van der Waals surface area contributed by atoms with Crippen LogP contribution in [0.1, 0.15) is 40.0 Å². The Morgan fingerprint density at radius 3 is 1.48 bits per heavy atom. The number of nitrogens with zero attached hydrogens (tertiary/aromatic N) is 2. The number of ether oxygens (including phenoxy) is 3. The van der Waals surface area contributed by atoms with E-state index in [1.54, 1.807) is 23.5 Å². The fourth-order valence-electron chi connectivity index (χ4n) is 1.89. The van der Waals surface area contributed by atoms with Crippen molar-refractivity contribution in [3.63, 3.8) is 0 Å². The van der Waals surface area contributed by atoms with Gasteiger partial charge in [-0.25, -0.2) is 9.97 Å². The monoisotopic (exact) mass is 428 g/mol. The van der Waals surface area contributed by atoms with E-state index in [-0.39, 0.29) is 16.3 Å². The van der Waals surface area contributed by atoms with Crippen LogP contribution in [0.3, 0.4) is 0 Å². The second-order valence-electron chi connectivity index (χ2n) is 5.10. The molecule has 0 amide bonds. The molecule has 0 saturated heterocycles. The first-order chi connectivity index (χ1) is 13.1. The first kappa shape index (κ1) is 23.8. The number of hydrogen-bond acceptors (Lipinski definition) is 8. The molecule has 3 atom stereocenters. The average Bonchev–Trinajstić information content (AvgIpc) is 2.66. The molecule has 0 aromatic carbocycles. The molecule has 1 rings (SSSR count). The highest BCUT2D eigenvalue weighted by Crippen LogP contribution is 2.34. The third-order valence-electron chi connectivity index (χ3n) is 3.14. The largest absolute Gasteiger partial charge is 0.488 e. The van der Waals surface area contributed by atoms with Gasteiger partial charge in [0.1, 0.15) is 20.9 Å². The average molecular weight is 429 g/mol. The van der Waals surface area contributed by atoms with Gasteiger partial charge in [0.25, 0.3) is 0 Å². The number of thioether (sulfide) groups is 3. The van der Waals surface area contributed by atoms with Gasteiger partial charge in [-0.05, 0) is 31.0 Å². The van der Waals surface area contributed by atoms with Crippen LogP contribution in [0.15, 0.2) is 59.8 Å². The highest BCUT2D eigenvalue weighted by Gasteiger charge is 2.17. The maximum atomic E-state index is 5.53. The van der Waals surface area contributed by atoms with E-state index >= 15 is 0 Å². The van der Waals surface area contributed by atoms with Crippen molar-refractivity contribution in [1.29, 1.82) is 0 Å². The highest BCUT2D eigenvalue weighted by molar-refractivity contribution is 8.01. The lowest BCUT2D eigenvalue weighted by atomic mass is 10.5. The van der Waals surface area contributed by atoms with Crippen LogP contribution in [-0.4, -0.2) is 26.3 Å². The molecular formula is C19H28N2O3S3. The Labute approximate surface area is 175 Å². The second-order valence-corrected chi connectivity index (χ2v) is 8.59. The van der Waals surface area contributed by atoms with Crippen LogP contribution in [-0.2, 0) is 14.2 Å². The summed E-state index contributed by atoms with van der Waals surface area (Å²) in [5.74, 6) is 0. The molecule has 1 aromatic heterocycles. The molecule has 0 N–H and O–H groups in total. The van der Waals surface area contributed by atoms with Gasteiger partial charge in [0, 0.05) is 6.07 Å². The smallest absolute Gasteiger partial charge is 0.193 e. The van der Waals surface area contributed by atoms with E-state index in [1.165, 1.54) is 30.5 Å². The molecule has 0 aliphatic rings. The van der Waals surface area contributed by atoms with Crippen molar-refractivity contribution in [2.24, 2.45) is 0 Å². The molecule has 0 aliphatic heterocycles. The minimum atomic E-state index is -0.0848. The summed E-state index contributed by atoms with van der Waals surface area (Å²) in [5.41, 5.74) is -0.185. The van der Waals surface area contributed by atoms with E-state index in [4.69, 9.17) is 14.2 Å². The number of hydrogen-bond donors (Lipinski definition) is 0. The molecule has 1 aromatic rings. The van der Waals surface area contributed by atoms with E-state index in [9.17, 15) is 0 Å². The Bertz CT molecular complexity index is 508. The van der Waals surface area contributed by atoms with Crippen molar-refractivity contribution < 1.29 is 14.2 Å². The zero-order valence-corrected chi connectivity index (χ0v) is 18.6. The Balaban J connectivity index is 3.09. The maximum absolute atomic E-state index is 5.53. The molecule has 0 bridgehead atoms. The van der Waals surface area contributed by atoms with Crippen LogP contribution in [0.2, 0.25) is 0 Å². The van der Waals surface area contributed by atoms with Crippen molar-refractivity contribution in [2.45, 2.75) is 71.6 Å². The van der Waals surface area contributed by atoms with Gasteiger partial charge in [-0.3, -0.25) is 0 Å². The molecule has 0 aliphatic carbocycles. The summed E-state index contributed by atoms with van der Waals surface area (Å²) in [6.07, 6.45) is 6.85. The maximum Gasteiger partial charge on any atom is 0.193 e. The summed E-state index contributed by atoms with van der Waals surface area (Å²) in [6.45, 7) is 17.1. The fraction of sp³-hybridized carbons (Fsp3) is 0.474. The molecule has 1 heterocycles. The molecule has 0 spiro atoms. The van der Waals surface area contributed by atoms with Gasteiger partial charge in [-0.1, -0.05) is 64.0 Å². The molecule has 8 heteroatoms. The molecule has 3 unspecified atom stereocenters. The van der Waals surface area contributed by atoms with Gasteiger partial charge < -0.3 is 14.2 Å². The van der Waals surface area contributed by atoms with Gasteiger partial charge in [0.05, 0.1) is 18.8 Å². The standard InChI is InChI=1S/C19H28N2O3S3/c1-7-16(22-10-4)25-14-13-15(26-17(8-2)23-11-5)21-19(20-14)27-18(9-3)24-12-6/h10-13,16-18H,4-9H2,1-3H3. The lowest BCUT2D eigenvalue weighted by Gasteiger charge is -2.17. The van der Waals surface area contributed by atoms with Crippen LogP contribution in [0.4, 0.5) is 0 Å². The van der Waals surface area contributed by atoms with Gasteiger partial charge in [0.15, 0.2) is 10.6 Å². The molecule has 5 nitrogen and oxygen atoms in total. The second kappa shape index (κ2) is 13.8. The minimum absolute atomic E-state index is 0.0501. The molecular weight excluding hydrogens is 400 g/mol. The Hall–Kier alpha value is -1.25. The molecule has 27 heavy (non-hydrogen) atoms. The van der Waals surface area contributed by atoms with Crippen LogP contribution in [0.25, 0.3) is 0 Å².